The van der Waals surface area contributed by atoms with Crippen molar-refractivity contribution in [2.75, 3.05) is 24.4 Å². The lowest BCUT2D eigenvalue weighted by atomic mass is 9.77. The number of aromatic nitrogens is 1. The van der Waals surface area contributed by atoms with Crippen molar-refractivity contribution in [2.24, 2.45) is 5.92 Å². The van der Waals surface area contributed by atoms with Crippen LogP contribution in [0.15, 0.2) is 70.6 Å². The van der Waals surface area contributed by atoms with Crippen LogP contribution in [0.25, 0.3) is 0 Å². The van der Waals surface area contributed by atoms with Gasteiger partial charge in [0, 0.05) is 34.4 Å². The van der Waals surface area contributed by atoms with Crippen molar-refractivity contribution in [3.05, 3.63) is 77.5 Å². The van der Waals surface area contributed by atoms with Gasteiger partial charge in [-0.1, -0.05) is 48.5 Å². The molecule has 0 aliphatic carbocycles. The topological polar surface area (TPSA) is 51.2 Å². The van der Waals surface area contributed by atoms with Gasteiger partial charge in [0.05, 0.1) is 12.3 Å². The Labute approximate surface area is 192 Å². The Morgan fingerprint density at radius 3 is 2.58 bits per heavy atom. The molecule has 2 heterocycles. The summed E-state index contributed by atoms with van der Waals surface area (Å²) >= 11 is 3.17. The van der Waals surface area contributed by atoms with E-state index in [4.69, 9.17) is 4.74 Å². The summed E-state index contributed by atoms with van der Waals surface area (Å²) in [4.78, 5) is 18.8. The summed E-state index contributed by atoms with van der Waals surface area (Å²) in [5.41, 5.74) is 4.11. The van der Waals surface area contributed by atoms with E-state index in [0.717, 1.165) is 32.6 Å². The number of carbonyl (C=O) groups is 1. The number of anilines is 1. The third-order valence-corrected chi connectivity index (χ3v) is 6.98. The first kappa shape index (κ1) is 21.8. The van der Waals surface area contributed by atoms with Gasteiger partial charge in [-0.05, 0) is 37.1 Å². The van der Waals surface area contributed by atoms with Gasteiger partial charge >= 0.3 is 0 Å². The van der Waals surface area contributed by atoms with E-state index >= 15 is 0 Å². The molecular formula is C25H26N2O2S2. The number of carbonyl (C=O) groups excluding carboxylic acids is 1. The van der Waals surface area contributed by atoms with E-state index in [0.29, 0.717) is 13.0 Å². The van der Waals surface area contributed by atoms with E-state index in [1.54, 1.807) is 23.5 Å². The molecule has 1 N–H and O–H groups in total. The number of rotatable bonds is 6. The largest absolute Gasteiger partial charge is 0.493 e. The van der Waals surface area contributed by atoms with Gasteiger partial charge in [0.1, 0.15) is 10.8 Å². The molecule has 6 heteroatoms. The monoisotopic (exact) mass is 450 g/mol. The second kappa shape index (κ2) is 9.79. The van der Waals surface area contributed by atoms with Crippen LogP contribution in [0.1, 0.15) is 29.2 Å². The highest BCUT2D eigenvalue weighted by Gasteiger charge is 2.33. The third kappa shape index (κ3) is 4.75. The van der Waals surface area contributed by atoms with Crippen molar-refractivity contribution in [3.8, 4) is 5.75 Å². The second-order valence-electron chi connectivity index (χ2n) is 7.60. The van der Waals surface area contributed by atoms with Crippen molar-refractivity contribution < 1.29 is 9.53 Å². The molecule has 2 unspecified atom stereocenters. The van der Waals surface area contributed by atoms with Crippen molar-refractivity contribution in [1.82, 2.24) is 4.98 Å². The average molecular weight is 451 g/mol. The maximum Gasteiger partial charge on any atom is 0.224 e. The molecule has 0 bridgehead atoms. The number of amides is 1. The quantitative estimate of drug-likeness (QED) is 0.467. The normalized spacial score (nSPS) is 17.5. The Morgan fingerprint density at radius 2 is 1.84 bits per heavy atom. The fraction of sp³-hybridized carbons (Fsp3) is 0.280. The van der Waals surface area contributed by atoms with Gasteiger partial charge < -0.3 is 10.1 Å². The van der Waals surface area contributed by atoms with Crippen LogP contribution in [0, 0.1) is 12.8 Å². The number of aryl methyl sites for hydroxylation is 1. The van der Waals surface area contributed by atoms with Crippen LogP contribution >= 0.6 is 23.5 Å². The fourth-order valence-electron chi connectivity index (χ4n) is 4.17. The van der Waals surface area contributed by atoms with Crippen LogP contribution in [-0.4, -0.2) is 30.0 Å². The van der Waals surface area contributed by atoms with E-state index in [1.165, 1.54) is 5.56 Å². The van der Waals surface area contributed by atoms with Crippen LogP contribution in [0.5, 0.6) is 5.75 Å². The Hall–Kier alpha value is -2.44. The standard InChI is InChI=1S/C25H26N2O2S2/c1-16-13-21(30-2)24(25(26-16)31-3)27-22(28)14-18-15-29-20-12-8-7-11-19(20)23(18)17-9-5-4-6-10-17/h4-13,18,23H,14-15H2,1-3H3,(H,27,28). The predicted molar refractivity (Wildman–Crippen MR) is 129 cm³/mol. The molecule has 1 aromatic heterocycles. The molecule has 160 valence electrons. The van der Waals surface area contributed by atoms with Crippen LogP contribution in [0.4, 0.5) is 5.69 Å². The molecule has 1 aliphatic rings. The minimum absolute atomic E-state index is 0.00911. The first-order valence-corrected chi connectivity index (χ1v) is 12.7. The second-order valence-corrected chi connectivity index (χ2v) is 9.24. The minimum Gasteiger partial charge on any atom is -0.493 e. The number of fused-ring (bicyclic) bond motifs is 1. The van der Waals surface area contributed by atoms with E-state index in [-0.39, 0.29) is 17.7 Å². The number of nitrogens with zero attached hydrogens (tertiary/aromatic N) is 1. The van der Waals surface area contributed by atoms with Gasteiger partial charge in [0.15, 0.2) is 0 Å². The Kier molecular flexibility index (Phi) is 6.88. The highest BCUT2D eigenvalue weighted by atomic mass is 32.2. The first-order chi connectivity index (χ1) is 15.1. The molecule has 4 rings (SSSR count). The average Bonchev–Trinajstić information content (AvgIpc) is 2.80. The highest BCUT2D eigenvalue weighted by molar-refractivity contribution is 7.99. The number of thioether (sulfide) groups is 2. The summed E-state index contributed by atoms with van der Waals surface area (Å²) in [5, 5.41) is 4.00. The van der Waals surface area contributed by atoms with Gasteiger partial charge in [-0.25, -0.2) is 4.98 Å². The van der Waals surface area contributed by atoms with Crippen LogP contribution in [0.2, 0.25) is 0 Å². The number of nitrogens with one attached hydrogen (secondary N) is 1. The van der Waals surface area contributed by atoms with Crippen molar-refractivity contribution in [1.29, 1.82) is 0 Å². The molecule has 3 aromatic rings. The smallest absolute Gasteiger partial charge is 0.224 e. The van der Waals surface area contributed by atoms with Gasteiger partial charge in [0.25, 0.3) is 0 Å². The summed E-state index contributed by atoms with van der Waals surface area (Å²) < 4.78 is 6.04. The highest BCUT2D eigenvalue weighted by Crippen LogP contribution is 2.43. The Bertz CT molecular complexity index is 1050. The number of hydrogen-bond acceptors (Lipinski definition) is 5. The molecule has 0 spiro atoms. The number of benzene rings is 2. The van der Waals surface area contributed by atoms with Crippen LogP contribution in [-0.2, 0) is 4.79 Å². The molecular weight excluding hydrogens is 424 g/mol. The molecule has 1 amide bonds. The van der Waals surface area contributed by atoms with Gasteiger partial charge in [-0.3, -0.25) is 4.79 Å². The fourth-order valence-corrected chi connectivity index (χ4v) is 5.48. The third-order valence-electron chi connectivity index (χ3n) is 5.54. The zero-order valence-electron chi connectivity index (χ0n) is 17.9. The minimum atomic E-state index is -0.00911. The Morgan fingerprint density at radius 1 is 1.10 bits per heavy atom. The van der Waals surface area contributed by atoms with Gasteiger partial charge in [-0.2, -0.15) is 0 Å². The summed E-state index contributed by atoms with van der Waals surface area (Å²) in [6.07, 6.45) is 4.38. The molecule has 0 fully saturated rings. The maximum atomic E-state index is 13.2. The summed E-state index contributed by atoms with van der Waals surface area (Å²) in [7, 11) is 0. The SMILES string of the molecule is CSc1cc(C)nc(SC)c1NC(=O)CC1COc2ccccc2C1c1ccccc1. The lowest BCUT2D eigenvalue weighted by molar-refractivity contribution is -0.117. The summed E-state index contributed by atoms with van der Waals surface area (Å²) in [5.74, 6) is 1.06. The maximum absolute atomic E-state index is 13.2. The number of ether oxygens (including phenoxy) is 1. The van der Waals surface area contributed by atoms with E-state index in [1.807, 2.05) is 49.8 Å². The van der Waals surface area contributed by atoms with E-state index in [9.17, 15) is 4.79 Å². The molecule has 2 atom stereocenters. The molecule has 2 aromatic carbocycles. The van der Waals surface area contributed by atoms with Crippen molar-refractivity contribution in [3.63, 3.8) is 0 Å². The number of pyridine rings is 1. The van der Waals surface area contributed by atoms with E-state index in [2.05, 4.69) is 40.6 Å². The zero-order valence-corrected chi connectivity index (χ0v) is 19.6. The summed E-state index contributed by atoms with van der Waals surface area (Å²) in [6.45, 7) is 2.49. The van der Waals surface area contributed by atoms with Crippen LogP contribution in [0.3, 0.4) is 0 Å². The predicted octanol–water partition coefficient (Wildman–Crippen LogP) is 6.00. The lowest BCUT2D eigenvalue weighted by Gasteiger charge is -2.34. The molecule has 1 aliphatic heterocycles. The molecule has 0 radical (unpaired) electrons. The van der Waals surface area contributed by atoms with E-state index < -0.39 is 0 Å². The Balaban J connectivity index is 1.61. The lowest BCUT2D eigenvalue weighted by Crippen LogP contribution is -2.30. The van der Waals surface area contributed by atoms with Crippen LogP contribution < -0.4 is 10.1 Å². The molecule has 31 heavy (non-hydrogen) atoms. The van der Waals surface area contributed by atoms with Crippen molar-refractivity contribution in [2.45, 2.75) is 29.2 Å². The van der Waals surface area contributed by atoms with Crippen molar-refractivity contribution >= 4 is 35.1 Å². The number of hydrogen-bond donors (Lipinski definition) is 1. The molecule has 0 saturated carbocycles. The molecule has 0 saturated heterocycles. The first-order valence-electron chi connectivity index (χ1n) is 10.3. The zero-order chi connectivity index (χ0) is 21.8. The molecule has 4 nitrogen and oxygen atoms in total. The summed E-state index contributed by atoms with van der Waals surface area (Å²) in [6, 6.07) is 20.6. The van der Waals surface area contributed by atoms with Gasteiger partial charge in [-0.15, -0.1) is 23.5 Å². The van der Waals surface area contributed by atoms with Gasteiger partial charge in [0.2, 0.25) is 5.91 Å². The number of para-hydroxylation sites is 1.